The van der Waals surface area contributed by atoms with Crippen molar-refractivity contribution in [3.8, 4) is 0 Å². The molecule has 0 fully saturated rings. The molecular weight excluding hydrogens is 263 g/mol. The van der Waals surface area contributed by atoms with Crippen LogP contribution in [0.5, 0.6) is 0 Å². The van der Waals surface area contributed by atoms with Crippen molar-refractivity contribution in [2.24, 2.45) is 0 Å². The molecular formula is C7H11Cl3Ge. The molecule has 1 aliphatic rings. The molecule has 1 atom stereocenters. The fourth-order valence-electron chi connectivity index (χ4n) is 1.38. The van der Waals surface area contributed by atoms with Gasteiger partial charge in [0, 0.05) is 0 Å². The summed E-state index contributed by atoms with van der Waals surface area (Å²) in [6.45, 7) is 2.12. The van der Waals surface area contributed by atoms with Gasteiger partial charge in [-0.25, -0.2) is 0 Å². The molecule has 0 bridgehead atoms. The molecule has 1 rings (SSSR count). The van der Waals surface area contributed by atoms with E-state index in [1.807, 2.05) is 0 Å². The predicted octanol–water partition coefficient (Wildman–Crippen LogP) is 4.14. The summed E-state index contributed by atoms with van der Waals surface area (Å²) in [5, 5.41) is 0. The monoisotopic (exact) mass is 274 g/mol. The SMILES string of the molecule is CC1=CCC[CH]([Ge]([Cl])([Cl])[Cl])C1. The van der Waals surface area contributed by atoms with Gasteiger partial charge in [0.15, 0.2) is 0 Å². The molecule has 0 spiro atoms. The third-order valence-corrected chi connectivity index (χ3v) is 9.83. The second kappa shape index (κ2) is 3.91. The van der Waals surface area contributed by atoms with E-state index in [4.69, 9.17) is 30.0 Å². The Morgan fingerprint density at radius 1 is 1.45 bits per heavy atom. The van der Waals surface area contributed by atoms with Crippen LogP contribution in [0.25, 0.3) is 0 Å². The number of hydrogen-bond donors (Lipinski definition) is 0. The van der Waals surface area contributed by atoms with Gasteiger partial charge in [-0.3, -0.25) is 0 Å². The van der Waals surface area contributed by atoms with Gasteiger partial charge in [0.2, 0.25) is 0 Å². The summed E-state index contributed by atoms with van der Waals surface area (Å²) < 4.78 is 0.394. The maximum atomic E-state index is 5.97. The first-order valence-corrected chi connectivity index (χ1v) is 13.2. The van der Waals surface area contributed by atoms with Crippen molar-refractivity contribution < 1.29 is 0 Å². The number of halogens is 3. The minimum absolute atomic E-state index is 0.394. The van der Waals surface area contributed by atoms with Crippen molar-refractivity contribution in [2.45, 2.75) is 30.9 Å². The number of rotatable bonds is 1. The number of hydrogen-bond acceptors (Lipinski definition) is 0. The van der Waals surface area contributed by atoms with Gasteiger partial charge < -0.3 is 0 Å². The van der Waals surface area contributed by atoms with E-state index in [-0.39, 0.29) is 0 Å². The van der Waals surface area contributed by atoms with Crippen LogP contribution < -0.4 is 0 Å². The first-order valence-electron chi connectivity index (χ1n) is 3.72. The van der Waals surface area contributed by atoms with Crippen LogP contribution in [-0.4, -0.2) is 10.5 Å². The van der Waals surface area contributed by atoms with E-state index in [1.54, 1.807) is 0 Å². The van der Waals surface area contributed by atoms with Gasteiger partial charge in [0.1, 0.15) is 0 Å². The summed E-state index contributed by atoms with van der Waals surface area (Å²) in [6.07, 6.45) is 5.43. The Hall–Kier alpha value is 1.15. The van der Waals surface area contributed by atoms with Crippen LogP contribution in [0, 0.1) is 0 Å². The van der Waals surface area contributed by atoms with Crippen molar-refractivity contribution in [3.63, 3.8) is 0 Å². The minimum atomic E-state index is -2.89. The zero-order valence-corrected chi connectivity index (χ0v) is 10.8. The molecule has 0 aromatic rings. The second-order valence-electron chi connectivity index (χ2n) is 3.07. The van der Waals surface area contributed by atoms with Gasteiger partial charge in [-0.15, -0.1) is 0 Å². The van der Waals surface area contributed by atoms with E-state index in [2.05, 4.69) is 13.0 Å². The standard InChI is InChI=1S/C7H11Cl3Ge/c1-6-3-2-4-7(5-6)11(8,9)10/h3,7H,2,4-5H2,1H3. The van der Waals surface area contributed by atoms with Crippen molar-refractivity contribution in [3.05, 3.63) is 11.6 Å². The predicted molar refractivity (Wildman–Crippen MR) is 54.7 cm³/mol. The topological polar surface area (TPSA) is 0 Å². The van der Waals surface area contributed by atoms with E-state index in [1.165, 1.54) is 5.57 Å². The average Bonchev–Trinajstić information content (AvgIpc) is 1.86. The fourth-order valence-corrected chi connectivity index (χ4v) is 6.49. The Labute approximate surface area is 82.8 Å². The first kappa shape index (κ1) is 10.2. The quantitative estimate of drug-likeness (QED) is 0.498. The molecule has 0 aliphatic heterocycles. The molecule has 0 radical (unpaired) electrons. The summed E-state index contributed by atoms with van der Waals surface area (Å²) in [4.78, 5) is 0. The molecule has 1 aliphatic carbocycles. The summed E-state index contributed by atoms with van der Waals surface area (Å²) in [7, 11) is 15.0. The van der Waals surface area contributed by atoms with Gasteiger partial charge >= 0.3 is 83.1 Å². The zero-order chi connectivity index (χ0) is 8.48. The molecule has 0 aromatic carbocycles. The molecule has 0 aromatic heterocycles. The Bertz CT molecular complexity index is 171. The molecule has 0 N–H and O–H groups in total. The van der Waals surface area contributed by atoms with Gasteiger partial charge in [0.25, 0.3) is 0 Å². The van der Waals surface area contributed by atoms with Crippen LogP contribution >= 0.6 is 30.0 Å². The van der Waals surface area contributed by atoms with Gasteiger partial charge in [0.05, 0.1) is 0 Å². The van der Waals surface area contributed by atoms with Crippen LogP contribution in [0.4, 0.5) is 0 Å². The summed E-state index contributed by atoms with van der Waals surface area (Å²) in [5.74, 6) is 0. The van der Waals surface area contributed by atoms with Crippen LogP contribution in [0.1, 0.15) is 26.2 Å². The van der Waals surface area contributed by atoms with Crippen LogP contribution in [0.3, 0.4) is 0 Å². The number of allylic oxidation sites excluding steroid dienone is 2. The van der Waals surface area contributed by atoms with E-state index in [0.29, 0.717) is 4.75 Å². The Morgan fingerprint density at radius 2 is 2.09 bits per heavy atom. The molecule has 64 valence electrons. The molecule has 0 saturated carbocycles. The summed E-state index contributed by atoms with van der Waals surface area (Å²) in [6, 6.07) is 0. The van der Waals surface area contributed by atoms with E-state index < -0.39 is 10.5 Å². The summed E-state index contributed by atoms with van der Waals surface area (Å²) >= 11 is 0. The molecule has 0 heterocycles. The van der Waals surface area contributed by atoms with Crippen LogP contribution in [-0.2, 0) is 0 Å². The Balaban J connectivity index is 2.58. The van der Waals surface area contributed by atoms with Gasteiger partial charge in [-0.05, 0) is 0 Å². The van der Waals surface area contributed by atoms with Crippen molar-refractivity contribution in [1.82, 2.24) is 0 Å². The second-order valence-corrected chi connectivity index (χ2v) is 19.4. The van der Waals surface area contributed by atoms with E-state index >= 15 is 0 Å². The van der Waals surface area contributed by atoms with Crippen molar-refractivity contribution in [2.75, 3.05) is 0 Å². The summed E-state index contributed by atoms with van der Waals surface area (Å²) in [5.41, 5.74) is 1.39. The Morgan fingerprint density at radius 3 is 2.45 bits per heavy atom. The Kier molecular flexibility index (Phi) is 3.64. The van der Waals surface area contributed by atoms with Crippen LogP contribution in [0.15, 0.2) is 11.6 Å². The van der Waals surface area contributed by atoms with Gasteiger partial charge in [-0.2, -0.15) is 0 Å². The van der Waals surface area contributed by atoms with Crippen molar-refractivity contribution in [1.29, 1.82) is 0 Å². The maximum absolute atomic E-state index is 5.97. The third kappa shape index (κ3) is 3.18. The van der Waals surface area contributed by atoms with Gasteiger partial charge in [-0.1, -0.05) is 0 Å². The molecule has 4 heteroatoms. The van der Waals surface area contributed by atoms with Crippen LogP contribution in [0.2, 0.25) is 4.75 Å². The molecule has 0 nitrogen and oxygen atoms in total. The molecule has 0 amide bonds. The third-order valence-electron chi connectivity index (χ3n) is 2.04. The van der Waals surface area contributed by atoms with E-state index in [0.717, 1.165) is 19.3 Å². The fraction of sp³-hybridized carbons (Fsp3) is 0.714. The normalized spacial score (nSPS) is 26.5. The zero-order valence-electron chi connectivity index (χ0n) is 6.41. The molecule has 0 saturated heterocycles. The first-order chi connectivity index (χ1) is 5.00. The molecule has 1 unspecified atom stereocenters. The van der Waals surface area contributed by atoms with E-state index in [9.17, 15) is 0 Å². The molecule has 11 heavy (non-hydrogen) atoms. The average molecular weight is 274 g/mol. The van der Waals surface area contributed by atoms with Crippen molar-refractivity contribution >= 4 is 40.5 Å².